The largest absolute Gasteiger partial charge is 0.416 e. The van der Waals surface area contributed by atoms with Crippen LogP contribution < -0.4 is 15.5 Å². The molecule has 1 fully saturated rings. The first-order chi connectivity index (χ1) is 18.3. The van der Waals surface area contributed by atoms with Crippen molar-refractivity contribution in [1.29, 1.82) is 0 Å². The topological polar surface area (TPSA) is 105 Å². The quantitative estimate of drug-likeness (QED) is 0.453. The molecule has 3 aromatic rings. The normalized spacial score (nSPS) is 14.3. The van der Waals surface area contributed by atoms with Crippen LogP contribution in [0.25, 0.3) is 5.69 Å². The minimum Gasteiger partial charge on any atom is -0.372 e. The smallest absolute Gasteiger partial charge is 0.372 e. The van der Waals surface area contributed by atoms with Gasteiger partial charge in [0.25, 0.3) is 11.8 Å². The van der Waals surface area contributed by atoms with Crippen LogP contribution in [0.3, 0.4) is 0 Å². The van der Waals surface area contributed by atoms with Crippen molar-refractivity contribution < 1.29 is 22.8 Å². The summed E-state index contributed by atoms with van der Waals surface area (Å²) in [6.45, 7) is 9.44. The van der Waals surface area contributed by atoms with Crippen LogP contribution in [0.15, 0.2) is 36.7 Å². The average Bonchev–Trinajstić information content (AvgIpc) is 3.38. The lowest BCUT2D eigenvalue weighted by atomic mass is 9.97. The van der Waals surface area contributed by atoms with Gasteiger partial charge in [0, 0.05) is 30.9 Å². The fraction of sp³-hybridized carbons (Fsp3) is 0.444. The summed E-state index contributed by atoms with van der Waals surface area (Å²) in [5, 5.41) is 13.4. The van der Waals surface area contributed by atoms with E-state index in [0.717, 1.165) is 31.4 Å². The van der Waals surface area contributed by atoms with Gasteiger partial charge in [-0.05, 0) is 55.9 Å². The number of halogens is 3. The van der Waals surface area contributed by atoms with Gasteiger partial charge in [-0.1, -0.05) is 26.0 Å². The lowest BCUT2D eigenvalue weighted by Gasteiger charge is -2.29. The number of pyridine rings is 1. The van der Waals surface area contributed by atoms with E-state index in [0.29, 0.717) is 36.7 Å². The molecule has 0 aliphatic carbocycles. The van der Waals surface area contributed by atoms with Gasteiger partial charge in [0.1, 0.15) is 0 Å². The number of carbonyl (C=O) groups excluding carboxylic acids is 2. The first-order valence-electron chi connectivity index (χ1n) is 12.8. The number of nitrogens with one attached hydrogen (secondary N) is 2. The minimum atomic E-state index is -4.59. The van der Waals surface area contributed by atoms with Crippen molar-refractivity contribution >= 4 is 23.2 Å². The Morgan fingerprint density at radius 3 is 2.38 bits per heavy atom. The van der Waals surface area contributed by atoms with Gasteiger partial charge in [0.05, 0.1) is 35.0 Å². The summed E-state index contributed by atoms with van der Waals surface area (Å²) in [4.78, 5) is 31.7. The molecule has 2 amide bonds. The molecule has 208 valence electrons. The summed E-state index contributed by atoms with van der Waals surface area (Å²) in [6, 6.07) is 5.00. The van der Waals surface area contributed by atoms with Crippen molar-refractivity contribution in [1.82, 2.24) is 25.3 Å². The van der Waals surface area contributed by atoms with E-state index in [4.69, 9.17) is 0 Å². The number of alkyl halides is 3. The zero-order valence-electron chi connectivity index (χ0n) is 22.4. The predicted molar refractivity (Wildman–Crippen MR) is 141 cm³/mol. The molecule has 0 atom stereocenters. The summed E-state index contributed by atoms with van der Waals surface area (Å²) in [7, 11) is 0. The van der Waals surface area contributed by atoms with E-state index in [1.807, 2.05) is 25.7 Å². The number of aryl methyl sites for hydroxylation is 1. The summed E-state index contributed by atoms with van der Waals surface area (Å²) in [5.74, 6) is -1.07. The molecule has 1 aliphatic rings. The minimum absolute atomic E-state index is 0.104. The molecule has 9 nitrogen and oxygen atoms in total. The maximum atomic E-state index is 13.7. The van der Waals surface area contributed by atoms with Gasteiger partial charge in [-0.2, -0.15) is 13.2 Å². The van der Waals surface area contributed by atoms with Crippen LogP contribution in [0, 0.1) is 12.3 Å². The Morgan fingerprint density at radius 2 is 1.72 bits per heavy atom. The zero-order valence-corrected chi connectivity index (χ0v) is 22.4. The summed E-state index contributed by atoms with van der Waals surface area (Å²) in [5.41, 5.74) is 0.655. The van der Waals surface area contributed by atoms with Crippen molar-refractivity contribution in [3.63, 3.8) is 0 Å². The standard InChI is InChI=1S/C27H32F3N7O2/c1-17-23(37-15-22(34-35-37)25(39)32-16-26(2,3)4)13-20(14-31-17)33-24(38)18-10-19(27(28,29)30)12-21(11-18)36-8-6-5-7-9-36/h10-15H,5-9,16H2,1-4H3,(H,32,39)(H,33,38). The summed E-state index contributed by atoms with van der Waals surface area (Å²) < 4.78 is 42.3. The number of piperidine rings is 1. The number of hydrogen-bond donors (Lipinski definition) is 2. The molecule has 0 unspecified atom stereocenters. The molecule has 4 rings (SSSR count). The molecule has 2 N–H and O–H groups in total. The van der Waals surface area contributed by atoms with E-state index in [-0.39, 0.29) is 28.3 Å². The van der Waals surface area contributed by atoms with E-state index in [9.17, 15) is 22.8 Å². The molecule has 1 saturated heterocycles. The highest BCUT2D eigenvalue weighted by Gasteiger charge is 2.32. The van der Waals surface area contributed by atoms with E-state index in [1.54, 1.807) is 13.0 Å². The van der Waals surface area contributed by atoms with Crippen molar-refractivity contribution in [2.45, 2.75) is 53.1 Å². The van der Waals surface area contributed by atoms with Gasteiger partial charge in [0.2, 0.25) is 0 Å². The van der Waals surface area contributed by atoms with E-state index >= 15 is 0 Å². The Balaban J connectivity index is 1.56. The number of benzene rings is 1. The number of amides is 2. The Morgan fingerprint density at radius 1 is 1.00 bits per heavy atom. The molecule has 3 heterocycles. The van der Waals surface area contributed by atoms with Crippen molar-refractivity contribution in [3.05, 3.63) is 59.2 Å². The van der Waals surface area contributed by atoms with Crippen LogP contribution in [0.1, 0.15) is 72.1 Å². The van der Waals surface area contributed by atoms with E-state index < -0.39 is 17.6 Å². The first kappa shape index (κ1) is 28.1. The van der Waals surface area contributed by atoms with Gasteiger partial charge >= 0.3 is 6.18 Å². The Labute approximate surface area is 224 Å². The van der Waals surface area contributed by atoms with Gasteiger partial charge in [-0.15, -0.1) is 5.10 Å². The van der Waals surface area contributed by atoms with Crippen LogP contribution in [0.4, 0.5) is 24.5 Å². The average molecular weight is 544 g/mol. The predicted octanol–water partition coefficient (Wildman–Crippen LogP) is 5.01. The maximum Gasteiger partial charge on any atom is 0.416 e. The van der Waals surface area contributed by atoms with Crippen LogP contribution in [0.2, 0.25) is 0 Å². The Bertz CT molecular complexity index is 1360. The molecule has 0 spiro atoms. The van der Waals surface area contributed by atoms with Crippen molar-refractivity contribution in [2.75, 3.05) is 29.9 Å². The second kappa shape index (κ2) is 11.0. The van der Waals surface area contributed by atoms with E-state index in [1.165, 1.54) is 23.1 Å². The number of hydrogen-bond acceptors (Lipinski definition) is 6. The molecule has 1 aliphatic heterocycles. The number of anilines is 2. The number of rotatable bonds is 6. The molecule has 0 bridgehead atoms. The van der Waals surface area contributed by atoms with Crippen molar-refractivity contribution in [2.24, 2.45) is 5.41 Å². The number of nitrogens with zero attached hydrogens (tertiary/aromatic N) is 5. The summed E-state index contributed by atoms with van der Waals surface area (Å²) >= 11 is 0. The van der Waals surface area contributed by atoms with Crippen LogP contribution in [0.5, 0.6) is 0 Å². The van der Waals surface area contributed by atoms with Crippen LogP contribution in [-0.2, 0) is 6.18 Å². The monoisotopic (exact) mass is 543 g/mol. The fourth-order valence-corrected chi connectivity index (χ4v) is 4.19. The number of carbonyl (C=O) groups is 2. The van der Waals surface area contributed by atoms with Gasteiger partial charge in [-0.3, -0.25) is 14.6 Å². The van der Waals surface area contributed by atoms with Gasteiger partial charge in [-0.25, -0.2) is 4.68 Å². The molecule has 1 aromatic carbocycles. The third-order valence-electron chi connectivity index (χ3n) is 6.30. The van der Waals surface area contributed by atoms with Crippen LogP contribution >= 0.6 is 0 Å². The molecular formula is C27H32F3N7O2. The van der Waals surface area contributed by atoms with Crippen molar-refractivity contribution in [3.8, 4) is 5.69 Å². The van der Waals surface area contributed by atoms with Gasteiger partial charge in [0.15, 0.2) is 5.69 Å². The lowest BCUT2D eigenvalue weighted by Crippen LogP contribution is -2.32. The summed E-state index contributed by atoms with van der Waals surface area (Å²) in [6.07, 6.45) is 1.06. The second-order valence-electron chi connectivity index (χ2n) is 10.9. The highest BCUT2D eigenvalue weighted by Crippen LogP contribution is 2.34. The first-order valence-corrected chi connectivity index (χ1v) is 12.8. The highest BCUT2D eigenvalue weighted by atomic mass is 19.4. The second-order valence-corrected chi connectivity index (χ2v) is 10.9. The third-order valence-corrected chi connectivity index (χ3v) is 6.30. The molecule has 2 aromatic heterocycles. The van der Waals surface area contributed by atoms with E-state index in [2.05, 4.69) is 25.9 Å². The number of aromatic nitrogens is 4. The molecule has 0 saturated carbocycles. The lowest BCUT2D eigenvalue weighted by molar-refractivity contribution is -0.137. The third kappa shape index (κ3) is 7.12. The fourth-order valence-electron chi connectivity index (χ4n) is 4.19. The molecule has 12 heteroatoms. The zero-order chi connectivity index (χ0) is 28.4. The van der Waals surface area contributed by atoms with Gasteiger partial charge < -0.3 is 15.5 Å². The highest BCUT2D eigenvalue weighted by molar-refractivity contribution is 6.05. The Hall–Kier alpha value is -3.96. The maximum absolute atomic E-state index is 13.7. The Kier molecular flexibility index (Phi) is 7.94. The molecule has 0 radical (unpaired) electrons. The van der Waals surface area contributed by atoms with Crippen LogP contribution in [-0.4, -0.2) is 51.4 Å². The SMILES string of the molecule is Cc1ncc(NC(=O)c2cc(N3CCCCC3)cc(C(F)(F)F)c2)cc1-n1cc(C(=O)NCC(C)(C)C)nn1. The molecule has 39 heavy (non-hydrogen) atoms. The molecular weight excluding hydrogens is 511 g/mol.